The summed E-state index contributed by atoms with van der Waals surface area (Å²) in [5, 5.41) is 34.3. The molecular formula is C39H75N9O18Si9. The molecule has 6 rings (SSSR count). The Morgan fingerprint density at radius 1 is 0.560 bits per heavy atom. The van der Waals surface area contributed by atoms with Crippen molar-refractivity contribution in [1.29, 1.82) is 0 Å². The molecule has 2 aromatic heterocycles. The number of rotatable bonds is 29. The maximum atomic E-state index is 12.7. The Morgan fingerprint density at radius 2 is 1.05 bits per heavy atom. The molecule has 1 amide bonds. The van der Waals surface area contributed by atoms with E-state index in [-0.39, 0.29) is 50.0 Å². The van der Waals surface area contributed by atoms with Gasteiger partial charge in [-0.1, -0.05) is 84.4 Å². The topological polar surface area (TPSA) is 289 Å². The monoisotopic (exact) mass is 1210 g/mol. The van der Waals surface area contributed by atoms with Gasteiger partial charge in [-0.2, -0.15) is 0 Å². The summed E-state index contributed by atoms with van der Waals surface area (Å²) in [6.07, 6.45) is 9.06. The maximum absolute atomic E-state index is 12.7. The van der Waals surface area contributed by atoms with Gasteiger partial charge in [-0.15, -0.1) is 20.4 Å². The molecule has 1 aromatic carbocycles. The number of aromatic nitrogens is 8. The lowest BCUT2D eigenvalue weighted by Crippen LogP contribution is -2.77. The molecule has 420 valence electrons. The van der Waals surface area contributed by atoms with Crippen molar-refractivity contribution in [2.45, 2.75) is 130 Å². The number of nitrogens with zero attached hydrogens (tertiary/aromatic N) is 8. The fourth-order valence-electron chi connectivity index (χ4n) is 7.98. The van der Waals surface area contributed by atoms with E-state index in [0.29, 0.717) is 44.8 Å². The lowest BCUT2D eigenvalue weighted by atomic mass is 10.1. The van der Waals surface area contributed by atoms with Crippen LogP contribution in [0.4, 0.5) is 4.79 Å². The summed E-state index contributed by atoms with van der Waals surface area (Å²) in [6, 6.07) is 7.81. The van der Waals surface area contributed by atoms with Gasteiger partial charge in [-0.05, 0) is 69.4 Å². The van der Waals surface area contributed by atoms with Crippen molar-refractivity contribution in [3.05, 3.63) is 29.8 Å². The van der Waals surface area contributed by atoms with Crippen LogP contribution in [-0.2, 0) is 66.1 Å². The molecule has 3 aromatic rings. The molecule has 5 heterocycles. The average molecular weight is 1210 g/mol. The van der Waals surface area contributed by atoms with E-state index in [1.165, 1.54) is 38.5 Å². The summed E-state index contributed by atoms with van der Waals surface area (Å²) < 4.78 is 106. The Bertz CT molecular complexity index is 2190. The Hall–Kier alpha value is -2.80. The van der Waals surface area contributed by atoms with Gasteiger partial charge in [-0.3, -0.25) is 0 Å². The number of amides is 1. The number of nitrogens with one attached hydrogen (secondary N) is 1. The number of hydrogen-bond acceptors (Lipinski definition) is 26. The lowest BCUT2D eigenvalue weighted by Gasteiger charge is -2.52. The highest BCUT2D eigenvalue weighted by atomic mass is 28.6. The minimum absolute atomic E-state index is 0.0247. The van der Waals surface area contributed by atoms with Crippen LogP contribution in [0.3, 0.4) is 0 Å². The third kappa shape index (κ3) is 21.8. The lowest BCUT2D eigenvalue weighted by molar-refractivity contribution is 0.0262. The molecule has 6 unspecified atom stereocenters. The molecular weight excluding hydrogens is 1140 g/mol. The molecule has 0 saturated carbocycles. The van der Waals surface area contributed by atoms with E-state index in [1.807, 2.05) is 51.4 Å². The highest BCUT2D eigenvalue weighted by molar-refractivity contribution is 6.95. The first-order valence-corrected chi connectivity index (χ1v) is 45.2. The van der Waals surface area contributed by atoms with Crippen LogP contribution in [0.5, 0.6) is 17.8 Å². The summed E-state index contributed by atoms with van der Waals surface area (Å²) in [7, 11) is -26.5. The molecule has 0 aliphatic carbocycles. The van der Waals surface area contributed by atoms with E-state index in [0.717, 1.165) is 18.4 Å². The van der Waals surface area contributed by atoms with Crippen LogP contribution in [0.25, 0.3) is 11.6 Å². The number of fused-ring (bicyclic) bond motifs is 4. The zero-order valence-corrected chi connectivity index (χ0v) is 54.5. The Balaban J connectivity index is 0.802. The van der Waals surface area contributed by atoms with Gasteiger partial charge in [0.25, 0.3) is 0 Å². The molecule has 0 spiro atoms. The first-order valence-electron chi connectivity index (χ1n) is 25.5. The maximum Gasteiger partial charge on any atom is 0.644 e. The summed E-state index contributed by atoms with van der Waals surface area (Å²) in [5.74, 6) is 0.763. The second kappa shape index (κ2) is 29.4. The van der Waals surface area contributed by atoms with E-state index in [4.69, 9.17) is 73.7 Å². The third-order valence-electron chi connectivity index (χ3n) is 10.7. The largest absolute Gasteiger partial charge is 0.644 e. The SMILES string of the molecule is CCCCCCCCCCOc1nnc(-c2nnc(OCCOCCOCCOc3ccc(COC(=O)NCC[SiH2]O[Si]45O[SiH](C)O[Si](C)(C)O[Si](C)(O[Si]6(C)O[Si](C)(C)O[SiH](C)O[Si](C)(O6)O4)O5)cc3)nn2)nn1. The van der Waals surface area contributed by atoms with Crippen LogP contribution in [0.1, 0.15) is 63.9 Å². The number of hydrogen-bond donors (Lipinski definition) is 1. The highest BCUT2D eigenvalue weighted by Gasteiger charge is 2.70. The van der Waals surface area contributed by atoms with E-state index in [1.54, 1.807) is 31.8 Å². The number of ether oxygens (including phenoxy) is 6. The van der Waals surface area contributed by atoms with Gasteiger partial charge in [-0.25, -0.2) is 4.79 Å². The molecule has 27 nitrogen and oxygen atoms in total. The van der Waals surface area contributed by atoms with Crippen LogP contribution in [0.15, 0.2) is 24.3 Å². The Kier molecular flexibility index (Phi) is 24.1. The molecule has 75 heavy (non-hydrogen) atoms. The number of benzene rings is 1. The first kappa shape index (κ1) is 61.4. The van der Waals surface area contributed by atoms with Crippen molar-refractivity contribution in [1.82, 2.24) is 46.1 Å². The summed E-state index contributed by atoms with van der Waals surface area (Å²) in [4.78, 5) is 12.7. The van der Waals surface area contributed by atoms with Crippen molar-refractivity contribution in [3.63, 3.8) is 0 Å². The molecule has 6 atom stereocenters. The van der Waals surface area contributed by atoms with Crippen molar-refractivity contribution in [2.24, 2.45) is 0 Å². The number of carbonyl (C=O) groups excluding carboxylic acids is 1. The molecule has 3 aliphatic rings. The van der Waals surface area contributed by atoms with E-state index in [9.17, 15) is 4.79 Å². The normalized spacial score (nSPS) is 26.5. The van der Waals surface area contributed by atoms with Crippen molar-refractivity contribution in [3.8, 4) is 29.4 Å². The van der Waals surface area contributed by atoms with E-state index < -0.39 is 87.0 Å². The smallest absolute Gasteiger partial charge is 0.491 e. The molecule has 1 N–H and O–H groups in total. The molecule has 4 bridgehead atoms. The molecule has 36 heteroatoms. The second-order valence-corrected chi connectivity index (χ2v) is 43.7. The minimum atomic E-state index is -4.07. The fourth-order valence-corrected chi connectivity index (χ4v) is 48.2. The zero-order valence-electron chi connectivity index (χ0n) is 44.8. The quantitative estimate of drug-likeness (QED) is 0.0765. The van der Waals surface area contributed by atoms with Crippen molar-refractivity contribution >= 4 is 87.0 Å². The zero-order chi connectivity index (χ0) is 53.8. The third-order valence-corrected chi connectivity index (χ3v) is 44.0. The first-order chi connectivity index (χ1) is 35.8. The van der Waals surface area contributed by atoms with Crippen molar-refractivity contribution < 1.29 is 78.5 Å². The van der Waals surface area contributed by atoms with Gasteiger partial charge in [0.2, 0.25) is 11.6 Å². The molecule has 3 fully saturated rings. The Labute approximate surface area is 451 Å². The fraction of sp³-hybridized carbons (Fsp3) is 0.718. The van der Waals surface area contributed by atoms with Crippen LogP contribution < -0.4 is 19.5 Å². The van der Waals surface area contributed by atoms with Gasteiger partial charge in [0, 0.05) is 26.2 Å². The molecule has 3 saturated heterocycles. The summed E-state index contributed by atoms with van der Waals surface area (Å²) >= 11 is 0. The highest BCUT2D eigenvalue weighted by Crippen LogP contribution is 2.39. The van der Waals surface area contributed by atoms with Gasteiger partial charge in [0.15, 0.2) is 9.76 Å². The number of carbonyl (C=O) groups is 1. The van der Waals surface area contributed by atoms with Gasteiger partial charge < -0.3 is 79.0 Å². The van der Waals surface area contributed by atoms with Gasteiger partial charge in [0.05, 0.1) is 33.0 Å². The van der Waals surface area contributed by atoms with Crippen molar-refractivity contribution in [2.75, 3.05) is 52.8 Å². The van der Waals surface area contributed by atoms with Gasteiger partial charge >= 0.3 is 89.3 Å². The molecule has 0 radical (unpaired) electrons. The number of unbranched alkanes of at least 4 members (excludes halogenated alkanes) is 7. The summed E-state index contributed by atoms with van der Waals surface area (Å²) in [6.45, 7) is 21.7. The van der Waals surface area contributed by atoms with E-state index >= 15 is 0 Å². The van der Waals surface area contributed by atoms with Crippen LogP contribution in [0, 0.1) is 0 Å². The van der Waals surface area contributed by atoms with E-state index in [2.05, 4.69) is 53.0 Å². The predicted octanol–water partition coefficient (Wildman–Crippen LogP) is 3.72. The standard InChI is InChI=1S/C39H75N9O18Si9/c1-11-12-13-14-15-16-17-18-24-53-37-45-41-35(42-46-37)36-43-47-38(48-44-36)54-30-28-51-26-25-50-27-29-52-34-21-19-33(20-22-34)32-55-39(49)40-23-31-67-56-75-60-69(3)58-71(6,7)62-74(10,66-75)64-73(9)61-70(4,5)57-68(2)59-72(8,63-73)65-75/h19-22,68-69H,11-18,23-32,67H2,1-10H3,(H,40,49). The van der Waals surface area contributed by atoms with Crippen LogP contribution >= 0.6 is 0 Å². The minimum Gasteiger partial charge on any atom is -0.491 e. The van der Waals surface area contributed by atoms with Crippen LogP contribution in [0.2, 0.25) is 65.0 Å². The molecule has 3 aliphatic heterocycles. The number of alkyl carbamates (subject to hydrolysis) is 1. The van der Waals surface area contributed by atoms with Gasteiger partial charge in [0.1, 0.15) is 25.6 Å². The predicted molar refractivity (Wildman–Crippen MR) is 286 cm³/mol. The average Bonchev–Trinajstić information content (AvgIpc) is 3.31. The second-order valence-electron chi connectivity index (χ2n) is 18.7. The summed E-state index contributed by atoms with van der Waals surface area (Å²) in [5.41, 5.74) is 0.785. The Morgan fingerprint density at radius 3 is 1.65 bits per heavy atom. The van der Waals surface area contributed by atoms with Crippen LogP contribution in [-0.4, -0.2) is 181 Å².